The molecular formula is C13H31N5. The van der Waals surface area contributed by atoms with Crippen molar-refractivity contribution in [3.05, 3.63) is 0 Å². The molecule has 0 aliphatic carbocycles. The van der Waals surface area contributed by atoms with Crippen molar-refractivity contribution in [2.45, 2.75) is 19.9 Å². The van der Waals surface area contributed by atoms with Crippen molar-refractivity contribution in [2.75, 3.05) is 65.4 Å². The van der Waals surface area contributed by atoms with Crippen molar-refractivity contribution < 1.29 is 0 Å². The quantitative estimate of drug-likeness (QED) is 0.470. The smallest absolute Gasteiger partial charge is 0.0113 e. The van der Waals surface area contributed by atoms with Crippen molar-refractivity contribution in [2.24, 2.45) is 5.73 Å². The molecule has 5 nitrogen and oxygen atoms in total. The van der Waals surface area contributed by atoms with Crippen molar-refractivity contribution in [1.29, 1.82) is 0 Å². The summed E-state index contributed by atoms with van der Waals surface area (Å²) < 4.78 is 0. The van der Waals surface area contributed by atoms with E-state index in [1.807, 2.05) is 0 Å². The average Bonchev–Trinajstić information content (AvgIpc) is 2.38. The van der Waals surface area contributed by atoms with Gasteiger partial charge in [-0.2, -0.15) is 0 Å². The molecule has 5 heteroatoms. The zero-order chi connectivity index (χ0) is 13.2. The lowest BCUT2D eigenvalue weighted by molar-refractivity contribution is 0.109. The number of rotatable bonds is 9. The summed E-state index contributed by atoms with van der Waals surface area (Å²) >= 11 is 0. The maximum Gasteiger partial charge on any atom is 0.0113 e. The van der Waals surface area contributed by atoms with E-state index in [0.29, 0.717) is 6.04 Å². The fourth-order valence-electron chi connectivity index (χ4n) is 2.27. The SMILES string of the molecule is CC(C)N1CCN(CCNCCNCCN)CC1. The van der Waals surface area contributed by atoms with Gasteiger partial charge in [-0.1, -0.05) is 0 Å². The summed E-state index contributed by atoms with van der Waals surface area (Å²) in [4.78, 5) is 5.11. The van der Waals surface area contributed by atoms with Crippen LogP contribution in [0.4, 0.5) is 0 Å². The van der Waals surface area contributed by atoms with Crippen LogP contribution >= 0.6 is 0 Å². The fraction of sp³-hybridized carbons (Fsp3) is 1.00. The molecular weight excluding hydrogens is 226 g/mol. The van der Waals surface area contributed by atoms with Crippen LogP contribution in [0.3, 0.4) is 0 Å². The summed E-state index contributed by atoms with van der Waals surface area (Å²) in [5.41, 5.74) is 5.41. The van der Waals surface area contributed by atoms with Gasteiger partial charge in [0.05, 0.1) is 0 Å². The summed E-state index contributed by atoms with van der Waals surface area (Å²) in [7, 11) is 0. The molecule has 0 radical (unpaired) electrons. The molecule has 108 valence electrons. The van der Waals surface area contributed by atoms with Gasteiger partial charge in [0.1, 0.15) is 0 Å². The van der Waals surface area contributed by atoms with Crippen LogP contribution in [0.5, 0.6) is 0 Å². The Labute approximate surface area is 112 Å². The summed E-state index contributed by atoms with van der Waals surface area (Å²) in [5.74, 6) is 0. The van der Waals surface area contributed by atoms with Crippen LogP contribution < -0.4 is 16.4 Å². The molecule has 0 spiro atoms. The van der Waals surface area contributed by atoms with Gasteiger partial charge in [0.15, 0.2) is 0 Å². The minimum Gasteiger partial charge on any atom is -0.329 e. The van der Waals surface area contributed by atoms with Crippen LogP contribution in [0.2, 0.25) is 0 Å². The second-order valence-corrected chi connectivity index (χ2v) is 5.26. The molecule has 1 heterocycles. The van der Waals surface area contributed by atoms with E-state index in [9.17, 15) is 0 Å². The van der Waals surface area contributed by atoms with Crippen LogP contribution in [0.15, 0.2) is 0 Å². The van der Waals surface area contributed by atoms with Gasteiger partial charge in [-0.05, 0) is 13.8 Å². The van der Waals surface area contributed by atoms with Gasteiger partial charge < -0.3 is 16.4 Å². The van der Waals surface area contributed by atoms with E-state index in [2.05, 4.69) is 34.3 Å². The number of nitrogens with two attached hydrogens (primary N) is 1. The molecule has 18 heavy (non-hydrogen) atoms. The summed E-state index contributed by atoms with van der Waals surface area (Å²) in [6.07, 6.45) is 0. The Morgan fingerprint density at radius 2 is 1.56 bits per heavy atom. The number of nitrogens with one attached hydrogen (secondary N) is 2. The van der Waals surface area contributed by atoms with Gasteiger partial charge in [0.25, 0.3) is 0 Å². The minimum atomic E-state index is 0.693. The van der Waals surface area contributed by atoms with Crippen LogP contribution in [0, 0.1) is 0 Å². The van der Waals surface area contributed by atoms with Crippen LogP contribution in [0.1, 0.15) is 13.8 Å². The third-order valence-electron chi connectivity index (χ3n) is 3.54. The first-order chi connectivity index (χ1) is 8.74. The number of hydrogen-bond acceptors (Lipinski definition) is 5. The summed E-state index contributed by atoms with van der Waals surface area (Å²) in [6.45, 7) is 15.4. The van der Waals surface area contributed by atoms with E-state index >= 15 is 0 Å². The molecule has 0 unspecified atom stereocenters. The lowest BCUT2D eigenvalue weighted by atomic mass is 10.2. The standard InChI is InChI=1S/C13H31N5/c1-13(2)18-11-9-17(10-12-18)8-7-16-6-5-15-4-3-14/h13,15-16H,3-12,14H2,1-2H3. The highest BCUT2D eigenvalue weighted by Gasteiger charge is 2.17. The zero-order valence-corrected chi connectivity index (χ0v) is 12.1. The van der Waals surface area contributed by atoms with Crippen LogP contribution in [-0.4, -0.2) is 81.3 Å². The van der Waals surface area contributed by atoms with Crippen molar-refractivity contribution in [1.82, 2.24) is 20.4 Å². The largest absolute Gasteiger partial charge is 0.329 e. The molecule has 1 rings (SSSR count). The maximum absolute atomic E-state index is 5.41. The van der Waals surface area contributed by atoms with Gasteiger partial charge >= 0.3 is 0 Å². The lowest BCUT2D eigenvalue weighted by Crippen LogP contribution is -2.50. The lowest BCUT2D eigenvalue weighted by Gasteiger charge is -2.36. The zero-order valence-electron chi connectivity index (χ0n) is 12.1. The van der Waals surface area contributed by atoms with Gasteiger partial charge in [-0.3, -0.25) is 9.80 Å². The Kier molecular flexibility index (Phi) is 8.54. The Morgan fingerprint density at radius 3 is 2.11 bits per heavy atom. The highest BCUT2D eigenvalue weighted by atomic mass is 15.3. The maximum atomic E-state index is 5.41. The first kappa shape index (κ1) is 15.9. The molecule has 0 bridgehead atoms. The monoisotopic (exact) mass is 257 g/mol. The molecule has 0 aromatic rings. The van der Waals surface area contributed by atoms with Crippen molar-refractivity contribution in [3.63, 3.8) is 0 Å². The molecule has 1 fully saturated rings. The van der Waals surface area contributed by atoms with Gasteiger partial charge in [0, 0.05) is 71.5 Å². The molecule has 0 amide bonds. The Morgan fingerprint density at radius 1 is 0.944 bits per heavy atom. The topological polar surface area (TPSA) is 56.6 Å². The minimum absolute atomic E-state index is 0.693. The number of hydrogen-bond donors (Lipinski definition) is 3. The molecule has 0 aromatic carbocycles. The first-order valence-corrected chi connectivity index (χ1v) is 7.32. The molecule has 1 aliphatic heterocycles. The Balaban J connectivity index is 1.91. The summed E-state index contributed by atoms with van der Waals surface area (Å²) in [5, 5.41) is 6.75. The van der Waals surface area contributed by atoms with E-state index in [4.69, 9.17) is 5.73 Å². The summed E-state index contributed by atoms with van der Waals surface area (Å²) in [6, 6.07) is 0.693. The van der Waals surface area contributed by atoms with E-state index in [-0.39, 0.29) is 0 Å². The predicted octanol–water partition coefficient (Wildman–Crippen LogP) is -0.850. The molecule has 1 saturated heterocycles. The highest BCUT2D eigenvalue weighted by molar-refractivity contribution is 4.74. The van der Waals surface area contributed by atoms with Crippen molar-refractivity contribution in [3.8, 4) is 0 Å². The number of nitrogens with zero attached hydrogens (tertiary/aromatic N) is 2. The normalized spacial score (nSPS) is 18.7. The second kappa shape index (κ2) is 9.69. The van der Waals surface area contributed by atoms with E-state index in [1.165, 1.54) is 32.7 Å². The first-order valence-electron chi connectivity index (χ1n) is 7.32. The third-order valence-corrected chi connectivity index (χ3v) is 3.54. The number of piperazine rings is 1. The molecule has 1 aliphatic rings. The highest BCUT2D eigenvalue weighted by Crippen LogP contribution is 2.04. The van der Waals surface area contributed by atoms with E-state index in [0.717, 1.165) is 32.7 Å². The fourth-order valence-corrected chi connectivity index (χ4v) is 2.27. The van der Waals surface area contributed by atoms with E-state index < -0.39 is 0 Å². The third kappa shape index (κ3) is 6.66. The predicted molar refractivity (Wildman–Crippen MR) is 77.9 cm³/mol. The van der Waals surface area contributed by atoms with Crippen LogP contribution in [-0.2, 0) is 0 Å². The second-order valence-electron chi connectivity index (χ2n) is 5.26. The van der Waals surface area contributed by atoms with E-state index in [1.54, 1.807) is 0 Å². The Bertz CT molecular complexity index is 190. The Hall–Kier alpha value is -0.200. The molecule has 0 aromatic heterocycles. The van der Waals surface area contributed by atoms with Gasteiger partial charge in [0.2, 0.25) is 0 Å². The molecule has 0 saturated carbocycles. The molecule has 0 atom stereocenters. The average molecular weight is 257 g/mol. The van der Waals surface area contributed by atoms with Crippen molar-refractivity contribution >= 4 is 0 Å². The van der Waals surface area contributed by atoms with Gasteiger partial charge in [-0.15, -0.1) is 0 Å². The molecule has 4 N–H and O–H groups in total. The van der Waals surface area contributed by atoms with Gasteiger partial charge in [-0.25, -0.2) is 0 Å². The van der Waals surface area contributed by atoms with Crippen LogP contribution in [0.25, 0.3) is 0 Å².